The summed E-state index contributed by atoms with van der Waals surface area (Å²) in [5, 5.41) is 2.71. The zero-order chi connectivity index (χ0) is 37.9. The Labute approximate surface area is 346 Å². The van der Waals surface area contributed by atoms with E-state index in [-0.39, 0.29) is 5.41 Å². The number of hydrogen-bond donors (Lipinski definition) is 0. The van der Waals surface area contributed by atoms with Crippen molar-refractivity contribution in [2.24, 2.45) is 40.9 Å². The van der Waals surface area contributed by atoms with Gasteiger partial charge in [0.15, 0.2) is 0 Å². The molecule has 14 rings (SSSR count). The van der Waals surface area contributed by atoms with E-state index < -0.39 is 0 Å². The summed E-state index contributed by atoms with van der Waals surface area (Å²) < 4.78 is 2.72. The molecule has 1 nitrogen and oxygen atoms in total. The first-order valence-corrected chi connectivity index (χ1v) is 23.3. The van der Waals surface area contributed by atoms with Crippen LogP contribution in [0.2, 0.25) is 0 Å². The molecular formula is C56H49NS. The molecule has 0 aliphatic heterocycles. The van der Waals surface area contributed by atoms with Crippen molar-refractivity contribution >= 4 is 54.6 Å². The topological polar surface area (TPSA) is 3.24 Å². The second-order valence-electron chi connectivity index (χ2n) is 19.4. The lowest BCUT2D eigenvalue weighted by Gasteiger charge is -2.92. The number of allylic oxidation sites excluding steroid dienone is 1. The van der Waals surface area contributed by atoms with Crippen LogP contribution in [0.1, 0.15) is 86.5 Å². The van der Waals surface area contributed by atoms with E-state index in [1.54, 1.807) is 16.7 Å². The molecule has 0 bridgehead atoms. The molecule has 5 fully saturated rings. The number of thiophene rings is 1. The average Bonchev–Trinajstić information content (AvgIpc) is 3.77. The molecule has 7 aromatic rings. The van der Waals surface area contributed by atoms with Gasteiger partial charge in [-0.1, -0.05) is 135 Å². The van der Waals surface area contributed by atoms with Crippen LogP contribution in [0.3, 0.4) is 0 Å². The number of nitrogens with zero attached hydrogens (tertiary/aromatic N) is 1. The number of hydrogen-bond acceptors (Lipinski definition) is 2. The fraction of sp³-hybridized carbons (Fsp3) is 0.321. The maximum absolute atomic E-state index is 2.69. The quantitative estimate of drug-likeness (QED) is 0.169. The Morgan fingerprint density at radius 3 is 2.17 bits per heavy atom. The van der Waals surface area contributed by atoms with E-state index in [9.17, 15) is 0 Å². The molecule has 2 spiro atoms. The van der Waals surface area contributed by atoms with Crippen molar-refractivity contribution in [2.45, 2.75) is 69.6 Å². The molecule has 2 heteroatoms. The summed E-state index contributed by atoms with van der Waals surface area (Å²) in [7, 11) is 0. The third-order valence-electron chi connectivity index (χ3n) is 17.5. The average molecular weight is 768 g/mol. The van der Waals surface area contributed by atoms with E-state index in [1.165, 1.54) is 116 Å². The van der Waals surface area contributed by atoms with Gasteiger partial charge in [0, 0.05) is 32.1 Å². The van der Waals surface area contributed by atoms with Crippen molar-refractivity contribution in [3.05, 3.63) is 156 Å². The number of para-hydroxylation sites is 1. The van der Waals surface area contributed by atoms with Crippen LogP contribution in [0, 0.1) is 40.9 Å². The molecule has 1 aromatic heterocycles. The molecule has 1 heterocycles. The van der Waals surface area contributed by atoms with Gasteiger partial charge in [0.1, 0.15) is 0 Å². The highest BCUT2D eigenvalue weighted by atomic mass is 32.1. The molecule has 284 valence electrons. The minimum atomic E-state index is 0.165. The Hall–Kier alpha value is -4.92. The second-order valence-corrected chi connectivity index (χ2v) is 20.5. The molecule has 7 aliphatic rings. The van der Waals surface area contributed by atoms with E-state index in [1.807, 2.05) is 11.3 Å². The predicted octanol–water partition coefficient (Wildman–Crippen LogP) is 15.5. The van der Waals surface area contributed by atoms with Gasteiger partial charge in [0.25, 0.3) is 0 Å². The highest BCUT2D eigenvalue weighted by molar-refractivity contribution is 7.26. The number of rotatable bonds is 5. The Kier molecular flexibility index (Phi) is 6.61. The van der Waals surface area contributed by atoms with E-state index in [2.05, 4.69) is 151 Å². The van der Waals surface area contributed by atoms with E-state index in [4.69, 9.17) is 0 Å². The first-order valence-electron chi connectivity index (χ1n) is 22.5. The Morgan fingerprint density at radius 1 is 0.603 bits per heavy atom. The third kappa shape index (κ3) is 3.86. The lowest BCUT2D eigenvalue weighted by atomic mass is 9.11. The van der Waals surface area contributed by atoms with Crippen molar-refractivity contribution in [2.75, 3.05) is 4.90 Å². The van der Waals surface area contributed by atoms with Crippen molar-refractivity contribution in [1.82, 2.24) is 0 Å². The van der Waals surface area contributed by atoms with Crippen LogP contribution in [0.25, 0.3) is 48.5 Å². The Balaban J connectivity index is 1.01. The molecule has 6 atom stereocenters. The van der Waals surface area contributed by atoms with Crippen molar-refractivity contribution in [1.29, 1.82) is 0 Å². The van der Waals surface area contributed by atoms with E-state index in [0.717, 1.165) is 29.6 Å². The number of fused-ring (bicyclic) bond motifs is 11. The molecule has 0 amide bonds. The van der Waals surface area contributed by atoms with Gasteiger partial charge >= 0.3 is 0 Å². The zero-order valence-electron chi connectivity index (χ0n) is 33.3. The minimum Gasteiger partial charge on any atom is -0.308 e. The standard InChI is InChI=1S/C56H49NS/c1-33-25-26-35-15-11-19-43(53(35)52(33)34-13-3-2-4-14-34)41-17-6-9-22-47(41)57(48-23-12-20-44-42-18-7-10-24-49(42)58-54(44)48)38-27-28-40-39-16-5-8-21-45(39)56(46(40)32-38)50-30-36-29-37-31-51(56)55(36,37)50/h5-12,15-28,32-34,36-37,50-52H,2-4,13-14,29-31H2,1H3. The lowest BCUT2D eigenvalue weighted by molar-refractivity contribution is -0.412. The van der Waals surface area contributed by atoms with Crippen molar-refractivity contribution < 1.29 is 0 Å². The molecule has 58 heavy (non-hydrogen) atoms. The molecule has 6 aromatic carbocycles. The zero-order valence-corrected chi connectivity index (χ0v) is 34.1. The maximum atomic E-state index is 2.69. The summed E-state index contributed by atoms with van der Waals surface area (Å²) in [5.41, 5.74) is 16.7. The fourth-order valence-corrected chi connectivity index (χ4v) is 16.6. The summed E-state index contributed by atoms with van der Waals surface area (Å²) in [6, 6.07) is 49.9. The van der Waals surface area contributed by atoms with Crippen LogP contribution in [-0.2, 0) is 5.41 Å². The molecular weight excluding hydrogens is 719 g/mol. The SMILES string of the molecule is CC1C=Cc2cccc(-c3ccccc3N(c3ccc4c(c3)C3(c5ccccc5-4)C4CC5CC6CC3C564)c3cccc4c3sc3ccccc34)c2C1C1CCCCC1. The van der Waals surface area contributed by atoms with Crippen molar-refractivity contribution in [3.8, 4) is 22.3 Å². The summed E-state index contributed by atoms with van der Waals surface area (Å²) in [5.74, 6) is 5.39. The molecule has 0 radical (unpaired) electrons. The van der Waals surface area contributed by atoms with Crippen molar-refractivity contribution in [3.63, 3.8) is 0 Å². The molecule has 0 saturated heterocycles. The molecule has 0 N–H and O–H groups in total. The van der Waals surface area contributed by atoms with Crippen LogP contribution in [0.4, 0.5) is 17.1 Å². The second kappa shape index (κ2) is 11.6. The minimum absolute atomic E-state index is 0.165. The van der Waals surface area contributed by atoms with Gasteiger partial charge in [-0.25, -0.2) is 0 Å². The monoisotopic (exact) mass is 767 g/mol. The Bertz CT molecular complexity index is 2880. The molecule has 7 aliphatic carbocycles. The van der Waals surface area contributed by atoms with E-state index >= 15 is 0 Å². The fourth-order valence-electron chi connectivity index (χ4n) is 15.4. The van der Waals surface area contributed by atoms with Gasteiger partial charge in [-0.05, 0) is 148 Å². The largest absolute Gasteiger partial charge is 0.308 e. The van der Waals surface area contributed by atoms with Gasteiger partial charge in [-0.15, -0.1) is 11.3 Å². The van der Waals surface area contributed by atoms with Gasteiger partial charge in [0.05, 0.1) is 16.1 Å². The highest BCUT2D eigenvalue weighted by Crippen LogP contribution is 2.94. The normalized spacial score (nSPS) is 30.6. The summed E-state index contributed by atoms with van der Waals surface area (Å²) in [4.78, 5) is 2.69. The van der Waals surface area contributed by atoms with Gasteiger partial charge in [-0.2, -0.15) is 0 Å². The first-order chi connectivity index (χ1) is 28.7. The molecule has 6 unspecified atom stereocenters. The molecule has 5 saturated carbocycles. The van der Waals surface area contributed by atoms with Gasteiger partial charge in [0.2, 0.25) is 0 Å². The smallest absolute Gasteiger partial charge is 0.0640 e. The summed E-state index contributed by atoms with van der Waals surface area (Å²) >= 11 is 1.95. The van der Waals surface area contributed by atoms with E-state index in [0.29, 0.717) is 17.3 Å². The maximum Gasteiger partial charge on any atom is 0.0640 e. The van der Waals surface area contributed by atoms with Crippen LogP contribution in [-0.4, -0.2) is 0 Å². The Morgan fingerprint density at radius 2 is 1.31 bits per heavy atom. The van der Waals surface area contributed by atoms with Crippen LogP contribution >= 0.6 is 11.3 Å². The predicted molar refractivity (Wildman–Crippen MR) is 243 cm³/mol. The number of anilines is 3. The van der Waals surface area contributed by atoms with Crippen LogP contribution < -0.4 is 4.90 Å². The highest BCUT2D eigenvalue weighted by Gasteiger charge is 2.90. The van der Waals surface area contributed by atoms with Gasteiger partial charge in [-0.3, -0.25) is 0 Å². The summed E-state index contributed by atoms with van der Waals surface area (Å²) in [6.45, 7) is 2.48. The van der Waals surface area contributed by atoms with Crippen LogP contribution in [0.15, 0.2) is 133 Å². The third-order valence-corrected chi connectivity index (χ3v) is 18.7. The summed E-state index contributed by atoms with van der Waals surface area (Å²) in [6.07, 6.45) is 16.1. The van der Waals surface area contributed by atoms with Crippen LogP contribution in [0.5, 0.6) is 0 Å². The first kappa shape index (κ1) is 33.0. The number of benzene rings is 6. The van der Waals surface area contributed by atoms with Gasteiger partial charge < -0.3 is 4.90 Å². The lowest BCUT2D eigenvalue weighted by Crippen LogP contribution is -2.88.